The van der Waals surface area contributed by atoms with Crippen molar-refractivity contribution in [3.63, 3.8) is 0 Å². The third-order valence-electron chi connectivity index (χ3n) is 1.90. The molecule has 1 rings (SSSR count). The van der Waals surface area contributed by atoms with Crippen molar-refractivity contribution >= 4 is 23.9 Å². The third kappa shape index (κ3) is 3.58. The van der Waals surface area contributed by atoms with E-state index in [2.05, 4.69) is 15.3 Å². The summed E-state index contributed by atoms with van der Waals surface area (Å²) in [4.78, 5) is 18.3. The number of hydrogen-bond acceptors (Lipinski definition) is 5. The number of hydrogen-bond donors (Lipinski definition) is 1. The molecule has 0 saturated carbocycles. The minimum atomic E-state index is -2.88. The second kappa shape index (κ2) is 6.43. The zero-order valence-corrected chi connectivity index (χ0v) is 9.68. The van der Waals surface area contributed by atoms with Gasteiger partial charge < -0.3 is 5.32 Å². The minimum Gasteiger partial charge on any atom is -0.359 e. The summed E-state index contributed by atoms with van der Waals surface area (Å²) in [5.74, 6) is -0.0812. The van der Waals surface area contributed by atoms with Gasteiger partial charge in [0, 0.05) is 6.20 Å². The number of thioether (sulfide) groups is 1. The zero-order valence-electron chi connectivity index (χ0n) is 8.86. The lowest BCUT2D eigenvalue weighted by Crippen LogP contribution is -2.31. The molecule has 0 fully saturated rings. The Bertz CT molecular complexity index is 392. The number of carbonyl (C=O) groups excluding carboxylic acids is 1. The molecule has 1 atom stereocenters. The van der Waals surface area contributed by atoms with Crippen molar-refractivity contribution in [1.29, 1.82) is 0 Å². The molecule has 0 saturated heterocycles. The summed E-state index contributed by atoms with van der Waals surface area (Å²) in [7, 11) is 0. The van der Waals surface area contributed by atoms with Gasteiger partial charge in [-0.25, -0.2) is 23.1 Å². The lowest BCUT2D eigenvalue weighted by molar-refractivity contribution is 0.110. The van der Waals surface area contributed by atoms with E-state index >= 15 is 0 Å². The highest BCUT2D eigenvalue weighted by Gasteiger charge is 2.21. The van der Waals surface area contributed by atoms with Gasteiger partial charge >= 0.3 is 0 Å². The Labute approximate surface area is 100 Å². The molecule has 17 heavy (non-hydrogen) atoms. The number of halogens is 3. The van der Waals surface area contributed by atoms with Gasteiger partial charge in [-0.3, -0.25) is 4.79 Å². The van der Waals surface area contributed by atoms with E-state index in [1.807, 2.05) is 0 Å². The van der Waals surface area contributed by atoms with Crippen molar-refractivity contribution in [3.05, 3.63) is 11.8 Å². The van der Waals surface area contributed by atoms with Crippen molar-refractivity contribution in [1.82, 2.24) is 9.97 Å². The van der Waals surface area contributed by atoms with Crippen molar-refractivity contribution in [2.75, 3.05) is 18.2 Å². The van der Waals surface area contributed by atoms with Crippen LogP contribution >= 0.6 is 11.8 Å². The number of rotatable bonds is 6. The Morgan fingerprint density at radius 1 is 1.59 bits per heavy atom. The van der Waals surface area contributed by atoms with Gasteiger partial charge in [-0.2, -0.15) is 0 Å². The van der Waals surface area contributed by atoms with Crippen LogP contribution in [-0.2, 0) is 0 Å². The Kier molecular flexibility index (Phi) is 5.20. The van der Waals surface area contributed by atoms with Crippen LogP contribution < -0.4 is 5.32 Å². The molecule has 0 spiro atoms. The molecule has 0 aliphatic carbocycles. The number of aromatic nitrogens is 2. The molecule has 0 aliphatic rings. The normalized spacial score (nSPS) is 12.5. The average molecular weight is 265 g/mol. The van der Waals surface area contributed by atoms with Gasteiger partial charge in [0.1, 0.15) is 18.5 Å². The summed E-state index contributed by atoms with van der Waals surface area (Å²) in [5.41, 5.74) is 0.0156. The van der Waals surface area contributed by atoms with E-state index < -0.39 is 19.1 Å². The fourth-order valence-corrected chi connectivity index (χ4v) is 1.36. The molecule has 1 aromatic heterocycles. The van der Waals surface area contributed by atoms with Gasteiger partial charge in [-0.1, -0.05) is 11.8 Å². The maximum absolute atomic E-state index is 12.4. The van der Waals surface area contributed by atoms with Crippen LogP contribution in [0.15, 0.2) is 11.4 Å². The monoisotopic (exact) mass is 265 g/mol. The lowest BCUT2D eigenvalue weighted by atomic mass is 10.3. The summed E-state index contributed by atoms with van der Waals surface area (Å²) in [5, 5.41) is 2.51. The molecular weight excluding hydrogens is 255 g/mol. The maximum atomic E-state index is 12.4. The van der Waals surface area contributed by atoms with Crippen LogP contribution in [0, 0.1) is 0 Å². The smallest absolute Gasteiger partial charge is 0.260 e. The molecule has 1 aromatic rings. The van der Waals surface area contributed by atoms with E-state index in [0.717, 1.165) is 0 Å². The first kappa shape index (κ1) is 13.8. The fraction of sp³-hybridized carbons (Fsp3) is 0.444. The topological polar surface area (TPSA) is 54.9 Å². The Balaban J connectivity index is 2.97. The number of nitrogens with one attached hydrogen (secondary N) is 1. The summed E-state index contributed by atoms with van der Waals surface area (Å²) >= 11 is 1.19. The first-order valence-corrected chi connectivity index (χ1v) is 5.81. The Hall–Kier alpha value is -1.31. The second-order valence-corrected chi connectivity index (χ2v) is 3.79. The van der Waals surface area contributed by atoms with Crippen LogP contribution in [0.2, 0.25) is 0 Å². The molecule has 0 radical (unpaired) electrons. The average Bonchev–Trinajstić information content (AvgIpc) is 2.35. The Morgan fingerprint density at radius 3 is 2.76 bits per heavy atom. The number of nitrogens with zero attached hydrogens (tertiary/aromatic N) is 2. The van der Waals surface area contributed by atoms with Crippen LogP contribution in [0.5, 0.6) is 0 Å². The molecular formula is C9H10F3N3OS. The highest BCUT2D eigenvalue weighted by atomic mass is 32.2. The third-order valence-corrected chi connectivity index (χ3v) is 2.46. The number of carbonyl (C=O) groups is 1. The summed E-state index contributed by atoms with van der Waals surface area (Å²) in [6, 6.07) is -1.68. The molecule has 1 N–H and O–H groups in total. The van der Waals surface area contributed by atoms with Gasteiger partial charge in [0.05, 0.1) is 5.56 Å². The molecule has 1 heterocycles. The summed E-state index contributed by atoms with van der Waals surface area (Å²) < 4.78 is 37.1. The van der Waals surface area contributed by atoms with Crippen LogP contribution in [0.1, 0.15) is 10.4 Å². The largest absolute Gasteiger partial charge is 0.359 e. The fourth-order valence-electron chi connectivity index (χ4n) is 1.02. The van der Waals surface area contributed by atoms with E-state index in [1.165, 1.54) is 18.0 Å². The quantitative estimate of drug-likeness (QED) is 0.484. The second-order valence-electron chi connectivity index (χ2n) is 3.02. The summed E-state index contributed by atoms with van der Waals surface area (Å²) in [6.45, 7) is -1.26. The number of anilines is 1. The highest BCUT2D eigenvalue weighted by Crippen LogP contribution is 2.17. The molecule has 8 heteroatoms. The maximum Gasteiger partial charge on any atom is 0.260 e. The van der Waals surface area contributed by atoms with Gasteiger partial charge in [0.2, 0.25) is 0 Å². The van der Waals surface area contributed by atoms with Crippen molar-refractivity contribution in [2.45, 2.75) is 17.6 Å². The highest BCUT2D eigenvalue weighted by molar-refractivity contribution is 7.98. The number of alkyl halides is 3. The number of aldehydes is 1. The minimum absolute atomic E-state index is 0.0156. The van der Waals surface area contributed by atoms with Gasteiger partial charge in [0.25, 0.3) is 6.43 Å². The van der Waals surface area contributed by atoms with Gasteiger partial charge in [-0.15, -0.1) is 0 Å². The van der Waals surface area contributed by atoms with Crippen molar-refractivity contribution in [3.8, 4) is 0 Å². The van der Waals surface area contributed by atoms with Gasteiger partial charge in [-0.05, 0) is 6.26 Å². The first-order valence-electron chi connectivity index (χ1n) is 4.59. The molecule has 0 aliphatic heterocycles. The standard InChI is InChI=1S/C9H10F3N3OS/c1-17-9-13-3-5(4-16)8(15-9)14-6(2-10)7(11)12/h3-4,6-7H,2H2,1H3,(H,13,14,15)/t6-/m0/s1. The van der Waals surface area contributed by atoms with E-state index in [4.69, 9.17) is 0 Å². The zero-order chi connectivity index (χ0) is 12.8. The Morgan fingerprint density at radius 2 is 2.29 bits per heavy atom. The van der Waals surface area contributed by atoms with Crippen molar-refractivity contribution in [2.24, 2.45) is 0 Å². The molecule has 0 amide bonds. The van der Waals surface area contributed by atoms with Crippen LogP contribution in [0.4, 0.5) is 19.0 Å². The SMILES string of the molecule is CSc1ncc(C=O)c(N[C@@H](CF)C(F)F)n1. The lowest BCUT2D eigenvalue weighted by Gasteiger charge is -2.16. The van der Waals surface area contributed by atoms with Crippen LogP contribution in [-0.4, -0.2) is 41.7 Å². The van der Waals surface area contributed by atoms with E-state index in [-0.39, 0.29) is 11.4 Å². The van der Waals surface area contributed by atoms with Crippen molar-refractivity contribution < 1.29 is 18.0 Å². The van der Waals surface area contributed by atoms with E-state index in [0.29, 0.717) is 11.4 Å². The molecule has 0 bridgehead atoms. The first-order chi connectivity index (χ1) is 8.12. The predicted octanol–water partition coefficient (Wildman–Crippen LogP) is 2.03. The summed E-state index contributed by atoms with van der Waals surface area (Å²) in [6.07, 6.45) is 0.439. The van der Waals surface area contributed by atoms with Crippen LogP contribution in [0.3, 0.4) is 0 Å². The van der Waals surface area contributed by atoms with Crippen LogP contribution in [0.25, 0.3) is 0 Å². The molecule has 4 nitrogen and oxygen atoms in total. The van der Waals surface area contributed by atoms with E-state index in [1.54, 1.807) is 6.26 Å². The predicted molar refractivity (Wildman–Crippen MR) is 58.6 cm³/mol. The molecule has 0 aromatic carbocycles. The van der Waals surface area contributed by atoms with E-state index in [9.17, 15) is 18.0 Å². The molecule has 94 valence electrons. The molecule has 0 unspecified atom stereocenters. The van der Waals surface area contributed by atoms with Gasteiger partial charge in [0.15, 0.2) is 11.4 Å².